The number of aliphatic hydroxyl groups is 1. The van der Waals surface area contributed by atoms with Gasteiger partial charge in [0.15, 0.2) is 0 Å². The normalized spacial score (nSPS) is 10.6. The number of nitrogens with zero attached hydrogens (tertiary/aromatic N) is 4. The lowest BCUT2D eigenvalue weighted by molar-refractivity contribution is 0.277. The molecule has 2 heterocycles. The topological polar surface area (TPSA) is 73.1 Å². The first-order chi connectivity index (χ1) is 10.3. The number of benzene rings is 1. The SMILES string of the molecule is COc1ccccc1-n1nnc(CO)c1-c1cccnc1. The minimum Gasteiger partial charge on any atom is -0.494 e. The first-order valence-corrected chi connectivity index (χ1v) is 6.44. The molecule has 0 unspecified atom stereocenters. The number of rotatable bonds is 4. The van der Waals surface area contributed by atoms with Gasteiger partial charge in [0.05, 0.1) is 13.7 Å². The molecule has 6 heteroatoms. The molecule has 3 aromatic rings. The average molecular weight is 282 g/mol. The van der Waals surface area contributed by atoms with E-state index >= 15 is 0 Å². The molecule has 0 saturated carbocycles. The van der Waals surface area contributed by atoms with Crippen molar-refractivity contribution < 1.29 is 9.84 Å². The number of aliphatic hydroxyl groups excluding tert-OH is 1. The molecule has 6 nitrogen and oxygen atoms in total. The smallest absolute Gasteiger partial charge is 0.144 e. The highest BCUT2D eigenvalue weighted by atomic mass is 16.5. The molecular weight excluding hydrogens is 268 g/mol. The maximum absolute atomic E-state index is 9.50. The molecule has 0 saturated heterocycles. The molecular formula is C15H14N4O2. The third-order valence-corrected chi connectivity index (χ3v) is 3.14. The number of para-hydroxylation sites is 2. The third-order valence-electron chi connectivity index (χ3n) is 3.14. The van der Waals surface area contributed by atoms with Gasteiger partial charge < -0.3 is 9.84 Å². The van der Waals surface area contributed by atoms with Gasteiger partial charge in [-0.3, -0.25) is 4.98 Å². The molecule has 0 atom stereocenters. The Hall–Kier alpha value is -2.73. The number of ether oxygens (including phenoxy) is 1. The zero-order valence-corrected chi connectivity index (χ0v) is 11.5. The van der Waals surface area contributed by atoms with E-state index in [2.05, 4.69) is 15.3 Å². The molecule has 0 aliphatic heterocycles. The highest BCUT2D eigenvalue weighted by Crippen LogP contribution is 2.29. The zero-order valence-electron chi connectivity index (χ0n) is 11.5. The quantitative estimate of drug-likeness (QED) is 0.790. The van der Waals surface area contributed by atoms with Crippen LogP contribution in [-0.2, 0) is 6.61 Å². The van der Waals surface area contributed by atoms with Crippen LogP contribution in [0.15, 0.2) is 48.8 Å². The first kappa shape index (κ1) is 13.3. The molecule has 1 aromatic carbocycles. The van der Waals surface area contributed by atoms with Gasteiger partial charge in [-0.2, -0.15) is 0 Å². The summed E-state index contributed by atoms with van der Waals surface area (Å²) in [5, 5.41) is 17.7. The Bertz CT molecular complexity index is 740. The van der Waals surface area contributed by atoms with Crippen molar-refractivity contribution in [2.24, 2.45) is 0 Å². The molecule has 2 aromatic heterocycles. The number of methoxy groups -OCH3 is 1. The van der Waals surface area contributed by atoms with Gasteiger partial charge in [0, 0.05) is 18.0 Å². The van der Waals surface area contributed by atoms with E-state index in [-0.39, 0.29) is 6.61 Å². The Labute approximate surface area is 121 Å². The molecule has 0 bridgehead atoms. The number of hydrogen-bond donors (Lipinski definition) is 1. The van der Waals surface area contributed by atoms with Crippen molar-refractivity contribution in [1.82, 2.24) is 20.0 Å². The molecule has 0 fully saturated rings. The van der Waals surface area contributed by atoms with Crippen molar-refractivity contribution in [3.05, 3.63) is 54.5 Å². The van der Waals surface area contributed by atoms with E-state index in [1.807, 2.05) is 36.4 Å². The maximum atomic E-state index is 9.50. The predicted molar refractivity (Wildman–Crippen MR) is 77.1 cm³/mol. The van der Waals surface area contributed by atoms with Gasteiger partial charge in [0.25, 0.3) is 0 Å². The van der Waals surface area contributed by atoms with E-state index in [1.165, 1.54) is 0 Å². The Morgan fingerprint density at radius 2 is 2.05 bits per heavy atom. The summed E-state index contributed by atoms with van der Waals surface area (Å²) in [7, 11) is 1.60. The second-order valence-corrected chi connectivity index (χ2v) is 4.37. The van der Waals surface area contributed by atoms with Crippen molar-refractivity contribution >= 4 is 0 Å². The fraction of sp³-hybridized carbons (Fsp3) is 0.133. The highest BCUT2D eigenvalue weighted by molar-refractivity contribution is 5.64. The van der Waals surface area contributed by atoms with Gasteiger partial charge in [-0.25, -0.2) is 4.68 Å². The van der Waals surface area contributed by atoms with Gasteiger partial charge in [-0.05, 0) is 24.3 Å². The van der Waals surface area contributed by atoms with Gasteiger partial charge in [-0.15, -0.1) is 5.10 Å². The molecule has 3 rings (SSSR count). The molecule has 1 N–H and O–H groups in total. The van der Waals surface area contributed by atoms with Crippen LogP contribution < -0.4 is 4.74 Å². The zero-order chi connectivity index (χ0) is 14.7. The summed E-state index contributed by atoms with van der Waals surface area (Å²) in [6.07, 6.45) is 3.41. The van der Waals surface area contributed by atoms with Gasteiger partial charge in [0.2, 0.25) is 0 Å². The Kier molecular flexibility index (Phi) is 3.61. The van der Waals surface area contributed by atoms with Gasteiger partial charge >= 0.3 is 0 Å². The fourth-order valence-corrected chi connectivity index (χ4v) is 2.18. The number of aromatic nitrogens is 4. The third kappa shape index (κ3) is 2.36. The van der Waals surface area contributed by atoms with Gasteiger partial charge in [-0.1, -0.05) is 17.3 Å². The summed E-state index contributed by atoms with van der Waals surface area (Å²) >= 11 is 0. The lowest BCUT2D eigenvalue weighted by atomic mass is 10.1. The summed E-state index contributed by atoms with van der Waals surface area (Å²) < 4.78 is 7.02. The minimum absolute atomic E-state index is 0.195. The molecule has 21 heavy (non-hydrogen) atoms. The molecule has 0 aliphatic carbocycles. The number of pyridine rings is 1. The highest BCUT2D eigenvalue weighted by Gasteiger charge is 2.17. The summed E-state index contributed by atoms with van der Waals surface area (Å²) in [4.78, 5) is 4.11. The van der Waals surface area contributed by atoms with E-state index in [4.69, 9.17) is 4.74 Å². The van der Waals surface area contributed by atoms with Crippen LogP contribution in [0.4, 0.5) is 0 Å². The standard InChI is InChI=1S/C15H14N4O2/c1-21-14-7-3-2-6-13(14)19-15(12(10-20)17-18-19)11-5-4-8-16-9-11/h2-9,20H,10H2,1H3. The Morgan fingerprint density at radius 1 is 1.19 bits per heavy atom. The van der Waals surface area contributed by atoms with E-state index in [0.29, 0.717) is 17.1 Å². The van der Waals surface area contributed by atoms with Crippen LogP contribution in [0.2, 0.25) is 0 Å². The van der Waals surface area contributed by atoms with Gasteiger partial charge in [0.1, 0.15) is 22.8 Å². The summed E-state index contributed by atoms with van der Waals surface area (Å²) in [5.41, 5.74) is 2.78. The molecule has 0 spiro atoms. The monoisotopic (exact) mass is 282 g/mol. The maximum Gasteiger partial charge on any atom is 0.144 e. The second-order valence-electron chi connectivity index (χ2n) is 4.37. The van der Waals surface area contributed by atoms with Crippen LogP contribution >= 0.6 is 0 Å². The van der Waals surface area contributed by atoms with Crippen molar-refractivity contribution in [3.8, 4) is 22.7 Å². The van der Waals surface area contributed by atoms with Crippen LogP contribution in [0.3, 0.4) is 0 Å². The van der Waals surface area contributed by atoms with Crippen molar-refractivity contribution in [2.45, 2.75) is 6.61 Å². The number of hydrogen-bond acceptors (Lipinski definition) is 5. The molecule has 0 amide bonds. The van der Waals surface area contributed by atoms with Crippen LogP contribution in [0.5, 0.6) is 5.75 Å². The largest absolute Gasteiger partial charge is 0.494 e. The molecule has 0 radical (unpaired) electrons. The second kappa shape index (κ2) is 5.72. The average Bonchev–Trinajstić information content (AvgIpc) is 2.99. The lowest BCUT2D eigenvalue weighted by Gasteiger charge is -2.11. The Morgan fingerprint density at radius 3 is 2.76 bits per heavy atom. The molecule has 106 valence electrons. The lowest BCUT2D eigenvalue weighted by Crippen LogP contribution is -2.02. The van der Waals surface area contributed by atoms with E-state index < -0.39 is 0 Å². The fourth-order valence-electron chi connectivity index (χ4n) is 2.18. The minimum atomic E-state index is -0.195. The van der Waals surface area contributed by atoms with E-state index in [1.54, 1.807) is 24.2 Å². The summed E-state index contributed by atoms with van der Waals surface area (Å²) in [5.74, 6) is 0.678. The van der Waals surface area contributed by atoms with Crippen molar-refractivity contribution in [2.75, 3.05) is 7.11 Å². The van der Waals surface area contributed by atoms with Crippen LogP contribution in [0.25, 0.3) is 16.9 Å². The van der Waals surface area contributed by atoms with E-state index in [9.17, 15) is 5.11 Å². The Balaban J connectivity index is 2.23. The predicted octanol–water partition coefficient (Wildman–Crippen LogP) is 1.83. The first-order valence-electron chi connectivity index (χ1n) is 6.44. The van der Waals surface area contributed by atoms with Crippen molar-refractivity contribution in [1.29, 1.82) is 0 Å². The summed E-state index contributed by atoms with van der Waals surface area (Å²) in [6.45, 7) is -0.195. The molecule has 0 aliphatic rings. The van der Waals surface area contributed by atoms with Crippen LogP contribution in [0.1, 0.15) is 5.69 Å². The van der Waals surface area contributed by atoms with Crippen LogP contribution in [-0.4, -0.2) is 32.2 Å². The summed E-state index contributed by atoms with van der Waals surface area (Å²) in [6, 6.07) is 11.2. The van der Waals surface area contributed by atoms with Crippen molar-refractivity contribution in [3.63, 3.8) is 0 Å². The van der Waals surface area contributed by atoms with E-state index in [0.717, 1.165) is 11.3 Å². The van der Waals surface area contributed by atoms with Crippen LogP contribution in [0, 0.1) is 0 Å².